The molecule has 0 fully saturated rings. The summed E-state index contributed by atoms with van der Waals surface area (Å²) < 4.78 is 17.9. The van der Waals surface area contributed by atoms with Gasteiger partial charge in [-0.2, -0.15) is 0 Å². The lowest BCUT2D eigenvalue weighted by Gasteiger charge is -2.24. The number of aryl methyl sites for hydroxylation is 2. The third-order valence-electron chi connectivity index (χ3n) is 4.27. The number of fused-ring (bicyclic) bond motifs is 3. The van der Waals surface area contributed by atoms with Crippen LogP contribution >= 0.6 is 0 Å². The Kier molecular flexibility index (Phi) is 5.13. The van der Waals surface area contributed by atoms with Crippen LogP contribution in [0.5, 0.6) is 11.5 Å². The van der Waals surface area contributed by atoms with Crippen LogP contribution in [0.4, 0.5) is 0 Å². The first-order valence-electron chi connectivity index (χ1n) is 8.04. The molecule has 0 unspecified atom stereocenters. The van der Waals surface area contributed by atoms with Gasteiger partial charge in [-0.1, -0.05) is 0 Å². The normalized spacial score (nSPS) is 12.1. The maximum absolute atomic E-state index is 12.2. The average molecular weight is 358 g/mol. The lowest BCUT2D eigenvalue weighted by atomic mass is 9.96. The molecule has 26 heavy (non-hydrogen) atoms. The molecule has 8 nitrogen and oxygen atoms in total. The number of pyridine rings is 1. The van der Waals surface area contributed by atoms with Crippen molar-refractivity contribution in [1.82, 2.24) is 4.57 Å². The molecule has 2 aromatic rings. The van der Waals surface area contributed by atoms with Gasteiger partial charge in [0.25, 0.3) is 0 Å². The summed E-state index contributed by atoms with van der Waals surface area (Å²) in [5.74, 6) is 0.0853. The van der Waals surface area contributed by atoms with Gasteiger partial charge in [0.15, 0.2) is 16.9 Å². The average Bonchev–Trinajstić information content (AvgIpc) is 2.66. The van der Waals surface area contributed by atoms with Crippen molar-refractivity contribution >= 4 is 5.91 Å². The summed E-state index contributed by atoms with van der Waals surface area (Å²) in [7, 11) is 3.14. The largest absolute Gasteiger partial charge is 0.493 e. The summed E-state index contributed by atoms with van der Waals surface area (Å²) >= 11 is 0. The molecule has 0 saturated heterocycles. The molecule has 0 spiro atoms. The molecule has 0 saturated carbocycles. The van der Waals surface area contributed by atoms with Crippen molar-refractivity contribution < 1.29 is 19.0 Å². The highest BCUT2D eigenvalue weighted by Gasteiger charge is 2.22. The Labute approximate surface area is 149 Å². The first-order chi connectivity index (χ1) is 12.6. The van der Waals surface area contributed by atoms with E-state index >= 15 is 0 Å². The third kappa shape index (κ3) is 3.23. The van der Waals surface area contributed by atoms with Crippen LogP contribution in [0.1, 0.15) is 15.9 Å². The Bertz CT molecular complexity index is 919. The number of hydrogen-bond donors (Lipinski definition) is 0. The smallest absolute Gasteiger partial charge is 0.322 e. The number of aromatic nitrogens is 1. The second-order valence-corrected chi connectivity index (χ2v) is 5.78. The summed E-state index contributed by atoms with van der Waals surface area (Å²) in [6.07, 6.45) is 2.07. The predicted molar refractivity (Wildman–Crippen MR) is 93.9 cm³/mol. The molecule has 0 bridgehead atoms. The summed E-state index contributed by atoms with van der Waals surface area (Å²) in [4.78, 5) is 34.2. The molecule has 136 valence electrons. The second kappa shape index (κ2) is 7.49. The van der Waals surface area contributed by atoms with E-state index in [1.807, 2.05) is 6.07 Å². The molecule has 1 aliphatic rings. The Morgan fingerprint density at radius 2 is 2.00 bits per heavy atom. The second-order valence-electron chi connectivity index (χ2n) is 5.78. The number of benzene rings is 1. The molecule has 1 aromatic heterocycles. The van der Waals surface area contributed by atoms with Crippen LogP contribution < -0.4 is 14.9 Å². The number of rotatable bonds is 6. The number of carbonyl (C=O) groups excluding carboxylic acids is 1. The fourth-order valence-corrected chi connectivity index (χ4v) is 3.00. The van der Waals surface area contributed by atoms with Gasteiger partial charge in [0.1, 0.15) is 12.2 Å². The maximum atomic E-state index is 12.2. The van der Waals surface area contributed by atoms with Crippen LogP contribution in [0, 0.1) is 4.91 Å². The van der Waals surface area contributed by atoms with Crippen molar-refractivity contribution in [3.63, 3.8) is 0 Å². The summed E-state index contributed by atoms with van der Waals surface area (Å²) in [5.41, 5.74) is 1.72. The maximum Gasteiger partial charge on any atom is 0.322 e. The molecular weight excluding hydrogens is 340 g/mol. The zero-order valence-corrected chi connectivity index (χ0v) is 14.5. The summed E-state index contributed by atoms with van der Waals surface area (Å²) in [5, 5.41) is 2.34. The van der Waals surface area contributed by atoms with Gasteiger partial charge >= 0.3 is 5.91 Å². The fourth-order valence-electron chi connectivity index (χ4n) is 3.00. The van der Waals surface area contributed by atoms with E-state index in [1.165, 1.54) is 12.3 Å². The van der Waals surface area contributed by atoms with Gasteiger partial charge < -0.3 is 18.8 Å². The van der Waals surface area contributed by atoms with Gasteiger partial charge in [0.05, 0.1) is 19.4 Å². The molecule has 0 atom stereocenters. The molecule has 0 N–H and O–H groups in total. The summed E-state index contributed by atoms with van der Waals surface area (Å²) in [6.45, 7) is 1.41. The number of hydrogen-bond acceptors (Lipinski definition) is 6. The highest BCUT2D eigenvalue weighted by Crippen LogP contribution is 2.38. The monoisotopic (exact) mass is 358 g/mol. The van der Waals surface area contributed by atoms with E-state index in [-0.39, 0.29) is 5.56 Å². The topological polar surface area (TPSA) is 96.2 Å². The molecular formula is C18H18N2O6. The molecule has 2 heterocycles. The molecule has 1 aromatic carbocycles. The van der Waals surface area contributed by atoms with Crippen molar-refractivity contribution in [1.29, 1.82) is 0 Å². The molecule has 0 aliphatic carbocycles. The van der Waals surface area contributed by atoms with Crippen LogP contribution in [0.2, 0.25) is 0 Å². The number of nitrogens with zero attached hydrogens (tertiary/aromatic N) is 2. The molecule has 1 aliphatic heterocycles. The first kappa shape index (κ1) is 17.8. The lowest BCUT2D eigenvalue weighted by Crippen LogP contribution is -2.21. The third-order valence-corrected chi connectivity index (χ3v) is 4.27. The van der Waals surface area contributed by atoms with E-state index in [0.717, 1.165) is 11.1 Å². The van der Waals surface area contributed by atoms with Crippen molar-refractivity contribution in [2.75, 3.05) is 27.4 Å². The molecule has 1 amide bonds. The zero-order chi connectivity index (χ0) is 18.7. The van der Waals surface area contributed by atoms with E-state index in [4.69, 9.17) is 14.2 Å². The van der Waals surface area contributed by atoms with Gasteiger partial charge in [0, 0.05) is 36.7 Å². The number of amides is 1. The van der Waals surface area contributed by atoms with Gasteiger partial charge in [0.2, 0.25) is 0 Å². The minimum Gasteiger partial charge on any atom is -0.493 e. The van der Waals surface area contributed by atoms with Crippen molar-refractivity contribution in [3.05, 3.63) is 50.7 Å². The SMILES string of the molecule is COCCOc1cc2c(cc1OC)-c1cc(=O)c(C(=O)N=O)cn1CC2. The lowest BCUT2D eigenvalue weighted by molar-refractivity contribution is 0.0999. The zero-order valence-electron chi connectivity index (χ0n) is 14.5. The van der Waals surface area contributed by atoms with Crippen LogP contribution in [-0.2, 0) is 17.7 Å². The Morgan fingerprint density at radius 1 is 1.19 bits per heavy atom. The van der Waals surface area contributed by atoms with E-state index < -0.39 is 11.3 Å². The fraction of sp³-hybridized carbons (Fsp3) is 0.333. The van der Waals surface area contributed by atoms with Crippen LogP contribution in [-0.4, -0.2) is 37.9 Å². The van der Waals surface area contributed by atoms with Gasteiger partial charge in [-0.25, -0.2) is 0 Å². The van der Waals surface area contributed by atoms with Crippen molar-refractivity contribution in [2.45, 2.75) is 13.0 Å². The van der Waals surface area contributed by atoms with Crippen LogP contribution in [0.25, 0.3) is 11.3 Å². The summed E-state index contributed by atoms with van der Waals surface area (Å²) in [6, 6.07) is 5.05. The number of methoxy groups -OCH3 is 2. The molecule has 3 rings (SSSR count). The van der Waals surface area contributed by atoms with Crippen molar-refractivity contribution in [2.24, 2.45) is 5.18 Å². The quantitative estimate of drug-likeness (QED) is 0.579. The minimum atomic E-state index is -1.06. The van der Waals surface area contributed by atoms with Gasteiger partial charge in [-0.15, -0.1) is 4.91 Å². The predicted octanol–water partition coefficient (Wildman–Crippen LogP) is 2.01. The minimum absolute atomic E-state index is 0.223. The number of ether oxygens (including phenoxy) is 3. The number of nitroso groups, excluding NO2 is 1. The Balaban J connectivity index is 2.06. The Hall–Kier alpha value is -3.00. The highest BCUT2D eigenvalue weighted by atomic mass is 16.5. The van der Waals surface area contributed by atoms with Crippen molar-refractivity contribution in [3.8, 4) is 22.8 Å². The molecule has 0 radical (unpaired) electrons. The first-order valence-corrected chi connectivity index (χ1v) is 8.04. The van der Waals surface area contributed by atoms with Crippen LogP contribution in [0.3, 0.4) is 0 Å². The number of carbonyl (C=O) groups is 1. The molecule has 8 heteroatoms. The van der Waals surface area contributed by atoms with Gasteiger partial charge in [-0.3, -0.25) is 9.59 Å². The van der Waals surface area contributed by atoms with E-state index in [2.05, 4.69) is 5.18 Å². The van der Waals surface area contributed by atoms with Crippen LogP contribution in [0.15, 0.2) is 34.4 Å². The van der Waals surface area contributed by atoms with E-state index in [9.17, 15) is 14.5 Å². The van der Waals surface area contributed by atoms with Gasteiger partial charge in [-0.05, 0) is 24.1 Å². The Morgan fingerprint density at radius 3 is 2.69 bits per heavy atom. The van der Waals surface area contributed by atoms with E-state index in [0.29, 0.717) is 43.4 Å². The highest BCUT2D eigenvalue weighted by molar-refractivity contribution is 5.94. The standard InChI is InChI=1S/C18H18N2O6/c1-24-5-6-26-17-7-11-3-4-20-10-13(18(22)19-23)15(21)9-14(20)12(11)8-16(17)25-2/h7-10H,3-6H2,1-2H3. The van der Waals surface area contributed by atoms with E-state index in [1.54, 1.807) is 24.9 Å².